The first-order valence-electron chi connectivity index (χ1n) is 7.44. The molecule has 4 nitrogen and oxygen atoms in total. The lowest BCUT2D eigenvalue weighted by Crippen LogP contribution is -2.34. The van der Waals surface area contributed by atoms with Gasteiger partial charge in [-0.1, -0.05) is 53.5 Å². The fourth-order valence-electron chi connectivity index (χ4n) is 2.36. The summed E-state index contributed by atoms with van der Waals surface area (Å²) in [7, 11) is 1.56. The Hall–Kier alpha value is -2.08. The van der Waals surface area contributed by atoms with Crippen LogP contribution in [-0.4, -0.2) is 30.3 Å². The summed E-state index contributed by atoms with van der Waals surface area (Å²) in [6, 6.07) is 14.5. The molecule has 1 N–H and O–H groups in total. The number of para-hydroxylation sites is 1. The van der Waals surface area contributed by atoms with Crippen molar-refractivity contribution in [2.45, 2.75) is 0 Å². The molecule has 0 aliphatic heterocycles. The lowest BCUT2D eigenvalue weighted by Gasteiger charge is -2.16. The number of likely N-dealkylation sites (N-methyl/N-ethyl adjacent to an activating group) is 1. The van der Waals surface area contributed by atoms with Gasteiger partial charge in [-0.3, -0.25) is 9.59 Å². The number of nitrogens with zero attached hydrogens (tertiary/aromatic N) is 1. The Morgan fingerprint density at radius 1 is 1.08 bits per heavy atom. The minimum Gasteiger partial charge on any atom is -0.332 e. The second-order valence-electron chi connectivity index (χ2n) is 5.43. The molecule has 7 heteroatoms. The van der Waals surface area contributed by atoms with Crippen molar-refractivity contribution in [3.8, 4) is 0 Å². The van der Waals surface area contributed by atoms with Crippen LogP contribution in [0.2, 0.25) is 10.0 Å². The van der Waals surface area contributed by atoms with Gasteiger partial charge in [0, 0.05) is 17.1 Å². The van der Waals surface area contributed by atoms with Gasteiger partial charge < -0.3 is 10.2 Å². The van der Waals surface area contributed by atoms with E-state index in [-0.39, 0.29) is 18.4 Å². The number of hydrogen-bond donors (Lipinski definition) is 1. The minimum atomic E-state index is -0.332. The predicted molar refractivity (Wildman–Crippen MR) is 104 cm³/mol. The molecule has 2 amide bonds. The molecule has 0 fully saturated rings. The third-order valence-corrected chi connectivity index (χ3v) is 5.60. The van der Waals surface area contributed by atoms with E-state index >= 15 is 0 Å². The monoisotopic (exact) mass is 392 g/mol. The number of anilines is 1. The molecule has 0 spiro atoms. The molecule has 3 rings (SSSR count). The molecular formula is C18H14Cl2N2O2S. The molecule has 1 heterocycles. The number of carbonyl (C=O) groups excluding carboxylic acids is 2. The number of benzene rings is 2. The molecule has 0 aliphatic rings. The van der Waals surface area contributed by atoms with Crippen LogP contribution in [0.3, 0.4) is 0 Å². The summed E-state index contributed by atoms with van der Waals surface area (Å²) in [4.78, 5) is 26.6. The molecule has 128 valence electrons. The van der Waals surface area contributed by atoms with Crippen molar-refractivity contribution in [2.24, 2.45) is 0 Å². The van der Waals surface area contributed by atoms with E-state index in [2.05, 4.69) is 5.32 Å². The third kappa shape index (κ3) is 3.79. The summed E-state index contributed by atoms with van der Waals surface area (Å²) in [5.74, 6) is -0.623. The Kier molecular flexibility index (Phi) is 5.27. The van der Waals surface area contributed by atoms with Crippen LogP contribution >= 0.6 is 34.5 Å². The average Bonchev–Trinajstić information content (AvgIpc) is 2.93. The average molecular weight is 393 g/mol. The summed E-state index contributed by atoms with van der Waals surface area (Å²) in [6.07, 6.45) is 0. The zero-order valence-electron chi connectivity index (χ0n) is 13.3. The maximum Gasteiger partial charge on any atom is 0.265 e. The van der Waals surface area contributed by atoms with Crippen molar-refractivity contribution in [2.75, 3.05) is 18.9 Å². The largest absolute Gasteiger partial charge is 0.332 e. The van der Waals surface area contributed by atoms with Gasteiger partial charge in [-0.15, -0.1) is 11.3 Å². The standard InChI is InChI=1S/C18H14Cl2N2O2S/c1-22(10-15(23)21-13-8-4-3-7-12(13)19)18(24)17-16(20)11-6-2-5-9-14(11)25-17/h2-9H,10H2,1H3,(H,21,23). The lowest BCUT2D eigenvalue weighted by atomic mass is 10.2. The van der Waals surface area contributed by atoms with Gasteiger partial charge in [-0.2, -0.15) is 0 Å². The Labute approximate surface area is 159 Å². The van der Waals surface area contributed by atoms with Gasteiger partial charge in [0.1, 0.15) is 4.88 Å². The summed E-state index contributed by atoms with van der Waals surface area (Å²) in [5, 5.41) is 4.40. The highest BCUT2D eigenvalue weighted by Gasteiger charge is 2.21. The van der Waals surface area contributed by atoms with E-state index in [0.717, 1.165) is 10.1 Å². The molecule has 0 saturated heterocycles. The second kappa shape index (κ2) is 7.44. The smallest absolute Gasteiger partial charge is 0.265 e. The highest BCUT2D eigenvalue weighted by Crippen LogP contribution is 2.35. The Morgan fingerprint density at radius 3 is 2.48 bits per heavy atom. The van der Waals surface area contributed by atoms with Gasteiger partial charge >= 0.3 is 0 Å². The first-order valence-corrected chi connectivity index (χ1v) is 9.01. The number of thiophene rings is 1. The molecule has 1 aromatic heterocycles. The Balaban J connectivity index is 1.72. The van der Waals surface area contributed by atoms with E-state index in [1.165, 1.54) is 16.2 Å². The van der Waals surface area contributed by atoms with Gasteiger partial charge in [0.2, 0.25) is 5.91 Å². The number of rotatable bonds is 4. The molecule has 0 bridgehead atoms. The number of fused-ring (bicyclic) bond motifs is 1. The van der Waals surface area contributed by atoms with E-state index in [1.54, 1.807) is 31.3 Å². The van der Waals surface area contributed by atoms with Crippen molar-refractivity contribution in [1.29, 1.82) is 0 Å². The zero-order valence-corrected chi connectivity index (χ0v) is 15.6. The molecule has 0 atom stereocenters. The van der Waals surface area contributed by atoms with E-state index in [0.29, 0.717) is 20.6 Å². The number of hydrogen-bond acceptors (Lipinski definition) is 3. The van der Waals surface area contributed by atoms with Crippen molar-refractivity contribution in [3.05, 3.63) is 63.5 Å². The van der Waals surface area contributed by atoms with Crippen LogP contribution in [-0.2, 0) is 4.79 Å². The summed E-state index contributed by atoms with van der Waals surface area (Å²) in [5.41, 5.74) is 0.509. The molecule has 2 aromatic carbocycles. The van der Waals surface area contributed by atoms with Crippen molar-refractivity contribution in [1.82, 2.24) is 4.90 Å². The maximum atomic E-state index is 12.6. The van der Waals surface area contributed by atoms with Crippen LogP contribution in [0.5, 0.6) is 0 Å². The number of halogens is 2. The van der Waals surface area contributed by atoms with Crippen LogP contribution in [0.1, 0.15) is 9.67 Å². The first kappa shape index (κ1) is 17.7. The van der Waals surface area contributed by atoms with Crippen LogP contribution in [0.4, 0.5) is 5.69 Å². The number of amides is 2. The molecule has 0 saturated carbocycles. The maximum absolute atomic E-state index is 12.6. The number of nitrogens with one attached hydrogen (secondary N) is 1. The first-order chi connectivity index (χ1) is 12.0. The van der Waals surface area contributed by atoms with Crippen LogP contribution in [0, 0.1) is 0 Å². The lowest BCUT2D eigenvalue weighted by molar-refractivity contribution is -0.116. The molecular weight excluding hydrogens is 379 g/mol. The Bertz CT molecular complexity index is 955. The number of carbonyl (C=O) groups is 2. The van der Waals surface area contributed by atoms with Gasteiger partial charge in [-0.05, 0) is 18.2 Å². The third-order valence-electron chi connectivity index (χ3n) is 3.60. The molecule has 0 aliphatic carbocycles. The van der Waals surface area contributed by atoms with Crippen LogP contribution < -0.4 is 5.32 Å². The zero-order chi connectivity index (χ0) is 18.0. The second-order valence-corrected chi connectivity index (χ2v) is 7.27. The highest BCUT2D eigenvalue weighted by molar-refractivity contribution is 7.21. The van der Waals surface area contributed by atoms with E-state index < -0.39 is 0 Å². The predicted octanol–water partition coefficient (Wildman–Crippen LogP) is 4.92. The van der Waals surface area contributed by atoms with Crippen molar-refractivity contribution in [3.63, 3.8) is 0 Å². The van der Waals surface area contributed by atoms with Gasteiger partial charge in [-0.25, -0.2) is 0 Å². The Morgan fingerprint density at radius 2 is 1.76 bits per heavy atom. The van der Waals surface area contributed by atoms with Crippen LogP contribution in [0.25, 0.3) is 10.1 Å². The van der Waals surface area contributed by atoms with Crippen molar-refractivity contribution < 1.29 is 9.59 Å². The van der Waals surface area contributed by atoms with Crippen molar-refractivity contribution >= 4 is 62.1 Å². The fourth-order valence-corrected chi connectivity index (χ4v) is 4.05. The molecule has 25 heavy (non-hydrogen) atoms. The summed E-state index contributed by atoms with van der Waals surface area (Å²) < 4.78 is 0.935. The van der Waals surface area contributed by atoms with E-state index in [4.69, 9.17) is 23.2 Å². The summed E-state index contributed by atoms with van der Waals surface area (Å²) in [6.45, 7) is -0.103. The van der Waals surface area contributed by atoms with Gasteiger partial charge in [0.25, 0.3) is 5.91 Å². The normalized spacial score (nSPS) is 10.7. The SMILES string of the molecule is CN(CC(=O)Nc1ccccc1Cl)C(=O)c1sc2ccccc2c1Cl. The van der Waals surface area contributed by atoms with Crippen LogP contribution in [0.15, 0.2) is 48.5 Å². The minimum absolute atomic E-state index is 0.103. The molecule has 0 unspecified atom stereocenters. The van der Waals surface area contributed by atoms with E-state index in [1.807, 2.05) is 24.3 Å². The molecule has 0 radical (unpaired) electrons. The van der Waals surface area contributed by atoms with E-state index in [9.17, 15) is 9.59 Å². The van der Waals surface area contributed by atoms with Gasteiger partial charge in [0.15, 0.2) is 0 Å². The quantitative estimate of drug-likeness (QED) is 0.684. The fraction of sp³-hybridized carbons (Fsp3) is 0.111. The highest BCUT2D eigenvalue weighted by atomic mass is 35.5. The summed E-state index contributed by atoms with van der Waals surface area (Å²) >= 11 is 13.7. The van der Waals surface area contributed by atoms with Gasteiger partial charge in [0.05, 0.1) is 22.3 Å². The molecule has 3 aromatic rings. The topological polar surface area (TPSA) is 49.4 Å².